The van der Waals surface area contributed by atoms with Crippen molar-refractivity contribution in [3.63, 3.8) is 0 Å². The summed E-state index contributed by atoms with van der Waals surface area (Å²) in [6.07, 6.45) is -1.04. The Morgan fingerprint density at radius 2 is 1.78 bits per heavy atom. The third-order valence-corrected chi connectivity index (χ3v) is 8.08. The maximum Gasteiger partial charge on any atom is 0.416 e. The number of benzene rings is 2. The van der Waals surface area contributed by atoms with Gasteiger partial charge in [0, 0.05) is 19.6 Å². The van der Waals surface area contributed by atoms with E-state index in [1.54, 1.807) is 13.1 Å². The Bertz CT molecular complexity index is 1050. The van der Waals surface area contributed by atoms with Crippen LogP contribution in [0.4, 0.5) is 17.6 Å². The highest BCUT2D eigenvalue weighted by molar-refractivity contribution is 5.85. The second-order valence-electron chi connectivity index (χ2n) is 10.8. The van der Waals surface area contributed by atoms with Crippen molar-refractivity contribution < 1.29 is 27.1 Å². The lowest BCUT2D eigenvalue weighted by Crippen LogP contribution is -2.58. The predicted molar refractivity (Wildman–Crippen MR) is 134 cm³/mol. The van der Waals surface area contributed by atoms with Gasteiger partial charge in [-0.1, -0.05) is 38.1 Å². The molecule has 8 heteroatoms. The zero-order valence-electron chi connectivity index (χ0n) is 21.7. The molecule has 37 heavy (non-hydrogen) atoms. The Balaban J connectivity index is 1.35. The summed E-state index contributed by atoms with van der Waals surface area (Å²) >= 11 is 0. The second-order valence-corrected chi connectivity index (χ2v) is 10.8. The van der Waals surface area contributed by atoms with Gasteiger partial charge in [-0.05, 0) is 86.0 Å². The Morgan fingerprint density at radius 3 is 2.35 bits per heavy atom. The number of carbonyl (C=O) groups excluding carboxylic acids is 1. The Labute approximate surface area is 216 Å². The van der Waals surface area contributed by atoms with E-state index in [1.807, 2.05) is 26.0 Å². The number of halogens is 4. The van der Waals surface area contributed by atoms with Crippen molar-refractivity contribution in [3.8, 4) is 0 Å². The zero-order chi connectivity index (χ0) is 26.8. The van der Waals surface area contributed by atoms with Crippen LogP contribution in [0.15, 0.2) is 48.5 Å². The minimum Gasteiger partial charge on any atom is -0.363 e. The number of carbonyl (C=O) groups is 1. The summed E-state index contributed by atoms with van der Waals surface area (Å²) in [6.45, 7) is 6.31. The lowest BCUT2D eigenvalue weighted by Gasteiger charge is -2.47. The molecule has 0 spiro atoms. The third-order valence-electron chi connectivity index (χ3n) is 8.08. The van der Waals surface area contributed by atoms with E-state index in [0.29, 0.717) is 24.5 Å². The maximum atomic E-state index is 13.6. The lowest BCUT2D eigenvalue weighted by atomic mass is 9.80. The van der Waals surface area contributed by atoms with Gasteiger partial charge in [-0.2, -0.15) is 13.2 Å². The highest BCUT2D eigenvalue weighted by atomic mass is 19.4. The van der Waals surface area contributed by atoms with Crippen LogP contribution in [0.25, 0.3) is 0 Å². The number of ether oxygens (including phenoxy) is 1. The summed E-state index contributed by atoms with van der Waals surface area (Å²) in [5.74, 6) is -0.0612. The van der Waals surface area contributed by atoms with Crippen molar-refractivity contribution in [2.45, 2.75) is 69.8 Å². The molecule has 2 aliphatic heterocycles. The molecule has 2 fully saturated rings. The topological polar surface area (TPSA) is 32.8 Å². The van der Waals surface area contributed by atoms with Crippen LogP contribution in [0.5, 0.6) is 0 Å². The first-order chi connectivity index (χ1) is 17.5. The van der Waals surface area contributed by atoms with E-state index in [2.05, 4.69) is 4.90 Å². The van der Waals surface area contributed by atoms with Crippen molar-refractivity contribution in [1.29, 1.82) is 0 Å². The highest BCUT2D eigenvalue weighted by Gasteiger charge is 2.48. The number of alkyl halides is 3. The first-order valence-corrected chi connectivity index (χ1v) is 13.0. The van der Waals surface area contributed by atoms with Crippen LogP contribution in [0.2, 0.25) is 0 Å². The van der Waals surface area contributed by atoms with Crippen LogP contribution in [-0.4, -0.2) is 54.1 Å². The summed E-state index contributed by atoms with van der Waals surface area (Å²) in [7, 11) is 1.63. The zero-order valence-corrected chi connectivity index (χ0v) is 21.7. The van der Waals surface area contributed by atoms with Crippen LogP contribution < -0.4 is 0 Å². The quantitative estimate of drug-likeness (QED) is 0.422. The van der Waals surface area contributed by atoms with Gasteiger partial charge in [0.15, 0.2) is 0 Å². The standard InChI is InChI=1S/C29H36F4N2O2/c1-20(2)28(27(36)34(3)18-21-5-4-6-24(17-21)29(31,32)33)14-11-26(19-37-28)35-15-12-23(13-16-35)22-7-9-25(30)10-8-22/h4-10,17,20,23,26H,11-16,18-19H2,1-3H3/t26-,28+/m1/s1. The van der Waals surface area contributed by atoms with Gasteiger partial charge >= 0.3 is 6.18 Å². The first kappa shape index (κ1) is 27.6. The molecule has 2 atom stereocenters. The molecule has 0 aliphatic carbocycles. The molecule has 0 N–H and O–H groups in total. The average molecular weight is 521 g/mol. The van der Waals surface area contributed by atoms with Gasteiger partial charge in [-0.3, -0.25) is 9.69 Å². The van der Waals surface area contributed by atoms with E-state index < -0.39 is 17.3 Å². The first-order valence-electron chi connectivity index (χ1n) is 13.0. The van der Waals surface area contributed by atoms with Crippen LogP contribution in [0.1, 0.15) is 62.1 Å². The number of piperidine rings is 1. The summed E-state index contributed by atoms with van der Waals surface area (Å²) in [5, 5.41) is 0. The van der Waals surface area contributed by atoms with Gasteiger partial charge in [0.05, 0.1) is 12.2 Å². The molecule has 2 aromatic carbocycles. The van der Waals surface area contributed by atoms with Gasteiger partial charge < -0.3 is 9.64 Å². The minimum absolute atomic E-state index is 0.0749. The summed E-state index contributed by atoms with van der Waals surface area (Å²) < 4.78 is 59.0. The van der Waals surface area contributed by atoms with Gasteiger partial charge in [0.25, 0.3) is 5.91 Å². The molecule has 0 unspecified atom stereocenters. The van der Waals surface area contributed by atoms with E-state index >= 15 is 0 Å². The molecule has 0 radical (unpaired) electrons. The van der Waals surface area contributed by atoms with Crippen molar-refractivity contribution in [1.82, 2.24) is 9.80 Å². The summed E-state index contributed by atoms with van der Waals surface area (Å²) in [5.41, 5.74) is -0.0971. The molecule has 0 bridgehead atoms. The Kier molecular flexibility index (Phi) is 8.29. The monoisotopic (exact) mass is 520 g/mol. The molecular formula is C29H36F4N2O2. The van der Waals surface area contributed by atoms with E-state index in [9.17, 15) is 22.4 Å². The van der Waals surface area contributed by atoms with Crippen LogP contribution >= 0.6 is 0 Å². The van der Waals surface area contributed by atoms with E-state index in [4.69, 9.17) is 4.74 Å². The maximum absolute atomic E-state index is 13.6. The van der Waals surface area contributed by atoms with Crippen LogP contribution in [-0.2, 0) is 22.3 Å². The Morgan fingerprint density at radius 1 is 1.11 bits per heavy atom. The number of likely N-dealkylation sites (N-methyl/N-ethyl adjacent to an activating group) is 1. The SMILES string of the molecule is CC(C)[C@]1(C(=O)N(C)Cc2cccc(C(F)(F)F)c2)CC[C@@H](N2CCC(c3ccc(F)cc3)CC2)CO1. The molecule has 2 heterocycles. The average Bonchev–Trinajstić information content (AvgIpc) is 2.88. The normalized spacial score (nSPS) is 23.8. The summed E-state index contributed by atoms with van der Waals surface area (Å²) in [6, 6.07) is 12.1. The van der Waals surface area contributed by atoms with Crippen molar-refractivity contribution in [2.24, 2.45) is 5.92 Å². The van der Waals surface area contributed by atoms with Gasteiger partial charge in [0.1, 0.15) is 11.4 Å². The second kappa shape index (κ2) is 11.1. The third kappa shape index (κ3) is 6.17. The molecular weight excluding hydrogens is 484 g/mol. The Hall–Kier alpha value is -2.45. The van der Waals surface area contributed by atoms with Gasteiger partial charge in [0.2, 0.25) is 0 Å². The fourth-order valence-electron chi connectivity index (χ4n) is 5.79. The molecule has 2 aliphatic rings. The van der Waals surface area contributed by atoms with Crippen LogP contribution in [0.3, 0.4) is 0 Å². The van der Waals surface area contributed by atoms with Crippen LogP contribution in [0, 0.1) is 11.7 Å². The molecule has 0 saturated carbocycles. The van der Waals surface area contributed by atoms with E-state index in [1.165, 1.54) is 28.7 Å². The number of hydrogen-bond donors (Lipinski definition) is 0. The van der Waals surface area contributed by atoms with Crippen molar-refractivity contribution >= 4 is 5.91 Å². The number of nitrogens with zero attached hydrogens (tertiary/aromatic N) is 2. The fraction of sp³-hybridized carbons (Fsp3) is 0.552. The van der Waals surface area contributed by atoms with Crippen molar-refractivity contribution in [3.05, 3.63) is 71.0 Å². The molecule has 2 saturated heterocycles. The fourth-order valence-corrected chi connectivity index (χ4v) is 5.79. The minimum atomic E-state index is -4.42. The number of rotatable bonds is 6. The molecule has 0 aromatic heterocycles. The van der Waals surface area contributed by atoms with Gasteiger partial charge in [-0.25, -0.2) is 4.39 Å². The summed E-state index contributed by atoms with van der Waals surface area (Å²) in [4.78, 5) is 17.5. The lowest BCUT2D eigenvalue weighted by molar-refractivity contribution is -0.180. The van der Waals surface area contributed by atoms with E-state index in [0.717, 1.165) is 44.5 Å². The van der Waals surface area contributed by atoms with E-state index in [-0.39, 0.29) is 30.2 Å². The number of hydrogen-bond acceptors (Lipinski definition) is 3. The highest BCUT2D eigenvalue weighted by Crippen LogP contribution is 2.38. The smallest absolute Gasteiger partial charge is 0.363 e. The number of likely N-dealkylation sites (tertiary alicyclic amines) is 1. The van der Waals surface area contributed by atoms with Gasteiger partial charge in [-0.15, -0.1) is 0 Å². The number of amides is 1. The largest absolute Gasteiger partial charge is 0.416 e. The molecule has 202 valence electrons. The predicted octanol–water partition coefficient (Wildman–Crippen LogP) is 6.26. The molecule has 4 rings (SSSR count). The molecule has 1 amide bonds. The molecule has 4 nitrogen and oxygen atoms in total. The van der Waals surface area contributed by atoms with Crippen molar-refractivity contribution in [2.75, 3.05) is 26.7 Å². The molecule has 2 aromatic rings.